The minimum absolute atomic E-state index is 0. The van der Waals surface area contributed by atoms with Crippen LogP contribution < -0.4 is 4.74 Å². The van der Waals surface area contributed by atoms with Crippen LogP contribution in [0.1, 0.15) is 94.3 Å². The van der Waals surface area contributed by atoms with Gasteiger partial charge in [0.05, 0.1) is 5.69 Å². The van der Waals surface area contributed by atoms with Gasteiger partial charge in [-0.15, -0.1) is 35.7 Å². The van der Waals surface area contributed by atoms with E-state index in [9.17, 15) is 0 Å². The molecule has 5 nitrogen and oxygen atoms in total. The summed E-state index contributed by atoms with van der Waals surface area (Å²) in [7, 11) is 0. The van der Waals surface area contributed by atoms with Crippen LogP contribution in [-0.4, -0.2) is 19.3 Å². The maximum atomic E-state index is 6.63. The number of benzene rings is 3. The van der Waals surface area contributed by atoms with Crippen molar-refractivity contribution in [3.63, 3.8) is 0 Å². The van der Waals surface area contributed by atoms with E-state index in [1.807, 2.05) is 18.3 Å². The molecule has 254 valence electrons. The summed E-state index contributed by atoms with van der Waals surface area (Å²) in [6.45, 7) is 13.5. The average Bonchev–Trinajstić information content (AvgIpc) is 3.66. The fourth-order valence-electron chi connectivity index (χ4n) is 7.87. The normalized spacial score (nSPS) is 16.2. The monoisotopic (exact) mass is 829 g/mol. The van der Waals surface area contributed by atoms with E-state index < -0.39 is 0 Å². The van der Waals surface area contributed by atoms with E-state index in [-0.39, 0.29) is 21.1 Å². The van der Waals surface area contributed by atoms with Crippen LogP contribution in [-0.2, 0) is 40.3 Å². The number of nitrogens with zero attached hydrogens (tertiary/aromatic N) is 4. The minimum atomic E-state index is 0. The third kappa shape index (κ3) is 6.43. The SMILES string of the molecule is CCC1=CCC[C@H](CC)C1c1c(CC)nn(-c2[c-]c(Oc3[c-]c4c(cc3)c3ccccc3n4-c3cc(C)ccn3)cc(CC)c2)c1CC.[Pt+2]. The first-order valence-electron chi connectivity index (χ1n) is 17.9. The van der Waals surface area contributed by atoms with Crippen LogP contribution in [0, 0.1) is 25.0 Å². The van der Waals surface area contributed by atoms with Gasteiger partial charge in [-0.3, -0.25) is 4.68 Å². The number of hydrogen-bond acceptors (Lipinski definition) is 3. The van der Waals surface area contributed by atoms with E-state index in [0.717, 1.165) is 64.6 Å². The predicted molar refractivity (Wildman–Crippen MR) is 197 cm³/mol. The van der Waals surface area contributed by atoms with Crippen molar-refractivity contribution < 1.29 is 25.8 Å². The molecule has 7 rings (SSSR count). The van der Waals surface area contributed by atoms with E-state index in [2.05, 4.69) is 118 Å². The van der Waals surface area contributed by atoms with Gasteiger partial charge < -0.3 is 9.30 Å². The third-order valence-electron chi connectivity index (χ3n) is 10.3. The molecule has 6 heteroatoms. The number of rotatable bonds is 10. The molecular formula is C43H46N4OPt. The van der Waals surface area contributed by atoms with E-state index in [4.69, 9.17) is 14.8 Å². The van der Waals surface area contributed by atoms with Crippen molar-refractivity contribution in [2.75, 3.05) is 0 Å². The molecule has 1 unspecified atom stereocenters. The number of aromatic nitrogens is 4. The van der Waals surface area contributed by atoms with Gasteiger partial charge in [0.2, 0.25) is 0 Å². The Hall–Kier alpha value is -3.95. The molecule has 0 fully saturated rings. The number of hydrogen-bond donors (Lipinski definition) is 0. The first-order chi connectivity index (χ1) is 23.5. The Morgan fingerprint density at radius 3 is 2.43 bits per heavy atom. The van der Waals surface area contributed by atoms with Gasteiger partial charge in [-0.2, -0.15) is 16.7 Å². The first-order valence-corrected chi connectivity index (χ1v) is 17.9. The molecule has 0 saturated carbocycles. The molecule has 3 aromatic carbocycles. The van der Waals surface area contributed by atoms with E-state index >= 15 is 0 Å². The number of fused-ring (bicyclic) bond motifs is 3. The number of ether oxygens (including phenoxy) is 1. The maximum absolute atomic E-state index is 6.63. The molecule has 0 N–H and O–H groups in total. The molecule has 1 aliphatic rings. The van der Waals surface area contributed by atoms with Crippen LogP contribution in [0.5, 0.6) is 11.5 Å². The Bertz CT molecular complexity index is 2140. The summed E-state index contributed by atoms with van der Waals surface area (Å²) in [5.41, 5.74) is 10.9. The van der Waals surface area contributed by atoms with Gasteiger partial charge >= 0.3 is 21.1 Å². The molecular weight excluding hydrogens is 784 g/mol. The largest absolute Gasteiger partial charge is 2.00 e. The molecule has 3 aromatic heterocycles. The molecule has 0 spiro atoms. The molecule has 0 radical (unpaired) electrons. The average molecular weight is 830 g/mol. The van der Waals surface area contributed by atoms with Crippen molar-refractivity contribution in [2.24, 2.45) is 5.92 Å². The van der Waals surface area contributed by atoms with Crippen molar-refractivity contribution >= 4 is 21.8 Å². The summed E-state index contributed by atoms with van der Waals surface area (Å²) in [5, 5.41) is 7.59. The Kier molecular flexibility index (Phi) is 10.6. The van der Waals surface area contributed by atoms with Crippen molar-refractivity contribution in [1.82, 2.24) is 19.3 Å². The fourth-order valence-corrected chi connectivity index (χ4v) is 7.87. The summed E-state index contributed by atoms with van der Waals surface area (Å²) in [5.74, 6) is 3.28. The Morgan fingerprint density at radius 1 is 0.857 bits per heavy atom. The second-order valence-corrected chi connectivity index (χ2v) is 13.1. The number of aryl methyl sites for hydroxylation is 3. The van der Waals surface area contributed by atoms with Crippen molar-refractivity contribution in [2.45, 2.75) is 92.4 Å². The van der Waals surface area contributed by atoms with Gasteiger partial charge in [0.15, 0.2) is 0 Å². The van der Waals surface area contributed by atoms with Crippen LogP contribution >= 0.6 is 0 Å². The van der Waals surface area contributed by atoms with Gasteiger partial charge in [0.25, 0.3) is 0 Å². The first kappa shape index (κ1) is 34.9. The zero-order valence-corrected chi connectivity index (χ0v) is 31.8. The van der Waals surface area contributed by atoms with Gasteiger partial charge in [0, 0.05) is 40.4 Å². The van der Waals surface area contributed by atoms with Crippen LogP contribution in [0.2, 0.25) is 0 Å². The molecule has 2 atom stereocenters. The van der Waals surface area contributed by atoms with Crippen molar-refractivity contribution in [3.8, 4) is 23.0 Å². The topological polar surface area (TPSA) is 44.9 Å². The summed E-state index contributed by atoms with van der Waals surface area (Å²) in [6.07, 6.45) is 11.8. The molecule has 1 aliphatic carbocycles. The fraction of sp³-hybridized carbons (Fsp3) is 0.349. The third-order valence-corrected chi connectivity index (χ3v) is 10.3. The Balaban J connectivity index is 0.00000417. The number of pyridine rings is 1. The van der Waals surface area contributed by atoms with E-state index in [1.165, 1.54) is 41.8 Å². The van der Waals surface area contributed by atoms with Crippen LogP contribution in [0.4, 0.5) is 0 Å². The summed E-state index contributed by atoms with van der Waals surface area (Å²) >= 11 is 0. The smallest absolute Gasteiger partial charge is 0.509 e. The van der Waals surface area contributed by atoms with Gasteiger partial charge in [-0.05, 0) is 79.8 Å². The van der Waals surface area contributed by atoms with E-state index in [0.29, 0.717) is 23.3 Å². The molecule has 49 heavy (non-hydrogen) atoms. The standard InChI is InChI=1S/C43H46N4O.Pt/c1-7-29-24-32(47-38(11-5)43(37(10-4)45-47)42-30(8-2)15-14-16-31(42)9-3)26-34(25-29)48-33-19-20-36-35-17-12-13-18-39(35)46(40(36)27-33)41-23-28(6)21-22-44-41;/h12-13,15,17-25,31,42H,7-11,14,16H2,1-6H3;/q-2;+2/t31-,42?;/m0./s1. The van der Waals surface area contributed by atoms with Crippen LogP contribution in [0.15, 0.2) is 78.5 Å². The molecule has 0 bridgehead atoms. The minimum Gasteiger partial charge on any atom is -0.509 e. The summed E-state index contributed by atoms with van der Waals surface area (Å²) in [6, 6.07) is 28.3. The zero-order valence-electron chi connectivity index (χ0n) is 29.5. The molecule has 0 amide bonds. The maximum Gasteiger partial charge on any atom is 2.00 e. The molecule has 0 aliphatic heterocycles. The zero-order chi connectivity index (χ0) is 33.4. The van der Waals surface area contributed by atoms with Crippen molar-refractivity contribution in [3.05, 3.63) is 119 Å². The van der Waals surface area contributed by atoms with Crippen molar-refractivity contribution in [1.29, 1.82) is 0 Å². The summed E-state index contributed by atoms with van der Waals surface area (Å²) < 4.78 is 11.0. The van der Waals surface area contributed by atoms with Crippen LogP contribution in [0.3, 0.4) is 0 Å². The quantitative estimate of drug-likeness (QED) is 0.102. The summed E-state index contributed by atoms with van der Waals surface area (Å²) in [4.78, 5) is 4.73. The second-order valence-electron chi connectivity index (χ2n) is 13.1. The molecule has 0 saturated heterocycles. The molecule has 3 heterocycles. The Labute approximate surface area is 305 Å². The second kappa shape index (κ2) is 14.9. The van der Waals surface area contributed by atoms with Gasteiger partial charge in [-0.1, -0.05) is 82.8 Å². The number of para-hydroxylation sites is 1. The van der Waals surface area contributed by atoms with Crippen LogP contribution in [0.25, 0.3) is 33.3 Å². The van der Waals surface area contributed by atoms with E-state index in [1.54, 1.807) is 5.57 Å². The molecule has 6 aromatic rings. The Morgan fingerprint density at radius 2 is 1.69 bits per heavy atom. The number of allylic oxidation sites excluding steroid dienone is 2. The van der Waals surface area contributed by atoms with Gasteiger partial charge in [-0.25, -0.2) is 4.98 Å². The van der Waals surface area contributed by atoms with Gasteiger partial charge in [0.1, 0.15) is 5.82 Å². The predicted octanol–water partition coefficient (Wildman–Crippen LogP) is 11.0.